The molecule has 0 aliphatic heterocycles. The maximum Gasteiger partial charge on any atom is 0.121 e. The molecule has 0 saturated carbocycles. The van der Waals surface area contributed by atoms with Gasteiger partial charge in [-0.05, 0) is 54.8 Å². The van der Waals surface area contributed by atoms with Gasteiger partial charge < -0.3 is 15.2 Å². The number of anilines is 1. The highest BCUT2D eigenvalue weighted by Gasteiger charge is 2.10. The Morgan fingerprint density at radius 2 is 1.85 bits per heavy atom. The lowest BCUT2D eigenvalue weighted by Gasteiger charge is -2.19. The minimum Gasteiger partial charge on any atom is -0.508 e. The van der Waals surface area contributed by atoms with Gasteiger partial charge in [0.25, 0.3) is 0 Å². The normalized spacial score (nSPS) is 11.9. The Balaban J connectivity index is 2.17. The van der Waals surface area contributed by atoms with Crippen molar-refractivity contribution in [1.29, 1.82) is 0 Å². The second-order valence-corrected chi connectivity index (χ2v) is 4.88. The Hall–Kier alpha value is -2.16. The second-order valence-electron chi connectivity index (χ2n) is 4.88. The van der Waals surface area contributed by atoms with Crippen LogP contribution in [0.3, 0.4) is 0 Å². The molecule has 0 fully saturated rings. The number of aromatic hydroxyl groups is 1. The lowest BCUT2D eigenvalue weighted by Crippen LogP contribution is -2.09. The van der Waals surface area contributed by atoms with Crippen molar-refractivity contribution < 1.29 is 9.84 Å². The number of hydrogen-bond donors (Lipinski definition) is 2. The molecule has 0 heterocycles. The highest BCUT2D eigenvalue weighted by molar-refractivity contribution is 5.52. The van der Waals surface area contributed by atoms with Gasteiger partial charge in [0.1, 0.15) is 11.5 Å². The van der Waals surface area contributed by atoms with E-state index < -0.39 is 0 Å². The molecule has 0 aliphatic carbocycles. The van der Waals surface area contributed by atoms with Crippen LogP contribution in [0.2, 0.25) is 0 Å². The van der Waals surface area contributed by atoms with Gasteiger partial charge in [-0.15, -0.1) is 0 Å². The van der Waals surface area contributed by atoms with E-state index in [-0.39, 0.29) is 6.04 Å². The summed E-state index contributed by atoms with van der Waals surface area (Å²) in [5.41, 5.74) is 3.35. The third-order valence-electron chi connectivity index (χ3n) is 3.44. The third kappa shape index (κ3) is 3.23. The van der Waals surface area contributed by atoms with Gasteiger partial charge >= 0.3 is 0 Å². The summed E-state index contributed by atoms with van der Waals surface area (Å²) in [6, 6.07) is 13.7. The van der Waals surface area contributed by atoms with E-state index in [0.29, 0.717) is 5.75 Å². The fourth-order valence-electron chi connectivity index (χ4n) is 2.30. The van der Waals surface area contributed by atoms with Crippen molar-refractivity contribution in [2.75, 3.05) is 12.4 Å². The monoisotopic (exact) mass is 271 g/mol. The van der Waals surface area contributed by atoms with Gasteiger partial charge in [-0.25, -0.2) is 0 Å². The highest BCUT2D eigenvalue weighted by Crippen LogP contribution is 2.27. The van der Waals surface area contributed by atoms with E-state index in [1.165, 1.54) is 5.56 Å². The largest absolute Gasteiger partial charge is 0.508 e. The summed E-state index contributed by atoms with van der Waals surface area (Å²) in [5.74, 6) is 1.19. The zero-order valence-corrected chi connectivity index (χ0v) is 12.2. The van der Waals surface area contributed by atoms with Crippen LogP contribution in [0.5, 0.6) is 11.5 Å². The third-order valence-corrected chi connectivity index (χ3v) is 3.44. The van der Waals surface area contributed by atoms with Crippen LogP contribution in [-0.2, 0) is 0 Å². The van der Waals surface area contributed by atoms with E-state index in [1.54, 1.807) is 19.2 Å². The summed E-state index contributed by atoms with van der Waals surface area (Å²) >= 11 is 0. The number of phenols is 1. The lowest BCUT2D eigenvalue weighted by molar-refractivity contribution is 0.412. The van der Waals surface area contributed by atoms with Gasteiger partial charge in [-0.2, -0.15) is 0 Å². The van der Waals surface area contributed by atoms with Crippen molar-refractivity contribution in [3.8, 4) is 11.5 Å². The first kappa shape index (κ1) is 14.3. The topological polar surface area (TPSA) is 41.5 Å². The summed E-state index contributed by atoms with van der Waals surface area (Å²) in [7, 11) is 1.68. The summed E-state index contributed by atoms with van der Waals surface area (Å²) in [6.07, 6.45) is 0.968. The number of aryl methyl sites for hydroxylation is 1. The molecule has 0 aliphatic rings. The SMILES string of the molecule is CCC(Nc1ccc(OC)c(C)c1)c1ccc(O)cc1. The molecule has 1 atom stereocenters. The first-order valence-corrected chi connectivity index (χ1v) is 6.84. The molecule has 0 bridgehead atoms. The summed E-state index contributed by atoms with van der Waals surface area (Å²) in [4.78, 5) is 0. The number of benzene rings is 2. The number of nitrogens with one attached hydrogen (secondary N) is 1. The molecular weight excluding hydrogens is 250 g/mol. The number of methoxy groups -OCH3 is 1. The van der Waals surface area contributed by atoms with Crippen molar-refractivity contribution in [2.24, 2.45) is 0 Å². The van der Waals surface area contributed by atoms with Crippen molar-refractivity contribution in [3.63, 3.8) is 0 Å². The number of phenolic OH excluding ortho intramolecular Hbond substituents is 1. The van der Waals surface area contributed by atoms with Gasteiger partial charge in [0.05, 0.1) is 13.2 Å². The summed E-state index contributed by atoms with van der Waals surface area (Å²) in [6.45, 7) is 4.17. The van der Waals surface area contributed by atoms with Gasteiger partial charge in [0.15, 0.2) is 0 Å². The maximum atomic E-state index is 9.36. The van der Waals surface area contributed by atoms with Crippen LogP contribution in [0.25, 0.3) is 0 Å². The molecular formula is C17H21NO2. The van der Waals surface area contributed by atoms with Crippen LogP contribution in [0.15, 0.2) is 42.5 Å². The molecule has 0 radical (unpaired) electrons. The standard InChI is InChI=1S/C17H21NO2/c1-4-16(13-5-8-15(19)9-6-13)18-14-7-10-17(20-3)12(2)11-14/h5-11,16,18-19H,4H2,1-3H3. The molecule has 2 aromatic rings. The fraction of sp³-hybridized carbons (Fsp3) is 0.294. The lowest BCUT2D eigenvalue weighted by atomic mass is 10.0. The van der Waals surface area contributed by atoms with E-state index in [4.69, 9.17) is 4.74 Å². The van der Waals surface area contributed by atoms with E-state index in [1.807, 2.05) is 31.2 Å². The number of rotatable bonds is 5. The average Bonchev–Trinajstić information content (AvgIpc) is 2.46. The molecule has 0 aromatic heterocycles. The van der Waals surface area contributed by atoms with Crippen molar-refractivity contribution in [3.05, 3.63) is 53.6 Å². The minimum atomic E-state index is 0.225. The van der Waals surface area contributed by atoms with Crippen LogP contribution in [0.4, 0.5) is 5.69 Å². The zero-order chi connectivity index (χ0) is 14.5. The molecule has 2 aromatic carbocycles. The minimum absolute atomic E-state index is 0.225. The van der Waals surface area contributed by atoms with Crippen molar-refractivity contribution >= 4 is 5.69 Å². The van der Waals surface area contributed by atoms with E-state index in [9.17, 15) is 5.11 Å². The van der Waals surface area contributed by atoms with Gasteiger partial charge in [-0.1, -0.05) is 19.1 Å². The predicted molar refractivity (Wildman–Crippen MR) is 82.5 cm³/mol. The molecule has 20 heavy (non-hydrogen) atoms. The molecule has 0 spiro atoms. The highest BCUT2D eigenvalue weighted by atomic mass is 16.5. The Morgan fingerprint density at radius 1 is 1.15 bits per heavy atom. The van der Waals surface area contributed by atoms with Gasteiger partial charge in [-0.3, -0.25) is 0 Å². The molecule has 0 saturated heterocycles. The number of hydrogen-bond acceptors (Lipinski definition) is 3. The zero-order valence-electron chi connectivity index (χ0n) is 12.2. The Kier molecular flexibility index (Phi) is 4.51. The van der Waals surface area contributed by atoms with Crippen LogP contribution in [0.1, 0.15) is 30.5 Å². The quantitative estimate of drug-likeness (QED) is 0.853. The smallest absolute Gasteiger partial charge is 0.121 e. The molecule has 2 rings (SSSR count). The summed E-state index contributed by atoms with van der Waals surface area (Å²) < 4.78 is 5.27. The Labute approximate surface area is 120 Å². The van der Waals surface area contributed by atoms with E-state index in [2.05, 4.69) is 18.3 Å². The molecule has 3 nitrogen and oxygen atoms in total. The van der Waals surface area contributed by atoms with Crippen molar-refractivity contribution in [2.45, 2.75) is 26.3 Å². The maximum absolute atomic E-state index is 9.36. The van der Waals surface area contributed by atoms with Crippen LogP contribution >= 0.6 is 0 Å². The predicted octanol–water partition coefficient (Wildman–Crippen LogP) is 4.27. The van der Waals surface area contributed by atoms with Crippen LogP contribution < -0.4 is 10.1 Å². The average molecular weight is 271 g/mol. The first-order chi connectivity index (χ1) is 9.63. The summed E-state index contributed by atoms with van der Waals surface area (Å²) in [5, 5.41) is 12.9. The molecule has 0 amide bonds. The van der Waals surface area contributed by atoms with Crippen LogP contribution in [-0.4, -0.2) is 12.2 Å². The Morgan fingerprint density at radius 3 is 2.40 bits per heavy atom. The Bertz CT molecular complexity index is 564. The first-order valence-electron chi connectivity index (χ1n) is 6.84. The van der Waals surface area contributed by atoms with Crippen molar-refractivity contribution in [1.82, 2.24) is 0 Å². The van der Waals surface area contributed by atoms with E-state index >= 15 is 0 Å². The number of ether oxygens (including phenoxy) is 1. The molecule has 1 unspecified atom stereocenters. The van der Waals surface area contributed by atoms with Gasteiger partial charge in [0.2, 0.25) is 0 Å². The second kappa shape index (κ2) is 6.33. The molecule has 2 N–H and O–H groups in total. The fourth-order valence-corrected chi connectivity index (χ4v) is 2.30. The van der Waals surface area contributed by atoms with Gasteiger partial charge in [0, 0.05) is 5.69 Å². The van der Waals surface area contributed by atoms with E-state index in [0.717, 1.165) is 23.4 Å². The molecule has 106 valence electrons. The molecule has 3 heteroatoms. The van der Waals surface area contributed by atoms with Crippen LogP contribution in [0, 0.1) is 6.92 Å².